The van der Waals surface area contributed by atoms with Crippen LogP contribution in [0.1, 0.15) is 11.5 Å². The summed E-state index contributed by atoms with van der Waals surface area (Å²) in [6.45, 7) is 0.243. The summed E-state index contributed by atoms with van der Waals surface area (Å²) in [7, 11) is 0. The Labute approximate surface area is 123 Å². The van der Waals surface area contributed by atoms with Gasteiger partial charge in [0.25, 0.3) is 0 Å². The van der Waals surface area contributed by atoms with Crippen molar-refractivity contribution in [1.82, 2.24) is 10.5 Å². The lowest BCUT2D eigenvalue weighted by molar-refractivity contribution is 0.247. The second kappa shape index (κ2) is 4.69. The number of amides is 2. The molecular formula is C14H11F2N3O3. The number of nitrogens with one attached hydrogen (secondary N) is 2. The molecule has 1 aliphatic heterocycles. The predicted molar refractivity (Wildman–Crippen MR) is 70.5 cm³/mol. The number of benzene rings is 1. The second-order valence-electron chi connectivity index (χ2n) is 5.28. The normalized spacial score (nSPS) is 24.7. The first kappa shape index (κ1) is 13.1. The molecule has 0 spiro atoms. The zero-order chi connectivity index (χ0) is 15.3. The van der Waals surface area contributed by atoms with Crippen molar-refractivity contribution in [2.24, 2.45) is 5.92 Å². The summed E-state index contributed by atoms with van der Waals surface area (Å²) in [4.78, 5) is 11.9. The minimum atomic E-state index is -0.590. The van der Waals surface area contributed by atoms with Crippen molar-refractivity contribution in [3.05, 3.63) is 41.7 Å². The molecule has 2 heterocycles. The summed E-state index contributed by atoms with van der Waals surface area (Å²) in [5.41, 5.74) is 0.197. The largest absolute Gasteiger partial charge is 0.490 e. The van der Waals surface area contributed by atoms with Gasteiger partial charge in [-0.1, -0.05) is 5.16 Å². The van der Waals surface area contributed by atoms with E-state index in [-0.39, 0.29) is 41.6 Å². The van der Waals surface area contributed by atoms with Crippen LogP contribution in [0.2, 0.25) is 0 Å². The molecule has 2 aliphatic rings. The van der Waals surface area contributed by atoms with E-state index in [2.05, 4.69) is 20.3 Å². The quantitative estimate of drug-likeness (QED) is 0.892. The van der Waals surface area contributed by atoms with Gasteiger partial charge in [-0.25, -0.2) is 13.6 Å². The van der Waals surface area contributed by atoms with E-state index in [9.17, 15) is 13.6 Å². The number of hydrogen-bond donors (Lipinski definition) is 2. The number of fused-ring (bicyclic) bond motifs is 3. The van der Waals surface area contributed by atoms with Gasteiger partial charge in [0.2, 0.25) is 0 Å². The van der Waals surface area contributed by atoms with Crippen LogP contribution in [0.5, 0.6) is 5.75 Å². The van der Waals surface area contributed by atoms with E-state index in [1.807, 2.05) is 0 Å². The lowest BCUT2D eigenvalue weighted by Crippen LogP contribution is -2.32. The molecule has 2 aromatic rings. The van der Waals surface area contributed by atoms with E-state index in [4.69, 9.17) is 4.74 Å². The third-order valence-corrected chi connectivity index (χ3v) is 3.99. The van der Waals surface area contributed by atoms with Gasteiger partial charge in [0.15, 0.2) is 17.4 Å². The molecule has 1 saturated carbocycles. The molecule has 2 N–H and O–H groups in total. The molecule has 0 saturated heterocycles. The number of halogens is 2. The van der Waals surface area contributed by atoms with Crippen molar-refractivity contribution in [2.75, 3.05) is 11.9 Å². The van der Waals surface area contributed by atoms with E-state index < -0.39 is 17.7 Å². The molecule has 2 amide bonds. The third kappa shape index (κ3) is 1.99. The highest BCUT2D eigenvalue weighted by atomic mass is 19.1. The number of carbonyl (C=O) groups is 1. The van der Waals surface area contributed by atoms with E-state index in [1.54, 1.807) is 0 Å². The second-order valence-corrected chi connectivity index (χ2v) is 5.28. The van der Waals surface area contributed by atoms with Crippen LogP contribution < -0.4 is 15.4 Å². The summed E-state index contributed by atoms with van der Waals surface area (Å²) < 4.78 is 37.5. The van der Waals surface area contributed by atoms with Gasteiger partial charge >= 0.3 is 6.03 Å². The molecule has 22 heavy (non-hydrogen) atoms. The lowest BCUT2D eigenvalue weighted by atomic mass is 10.0. The van der Waals surface area contributed by atoms with Crippen molar-refractivity contribution in [3.8, 4) is 5.75 Å². The SMILES string of the molecule is O=C(Nc1ccon1)N[C@@H]1[C@H]2COc3c(F)ccc(F)c3[C@@H]21. The van der Waals surface area contributed by atoms with Crippen molar-refractivity contribution in [3.63, 3.8) is 0 Å². The Morgan fingerprint density at radius 1 is 1.27 bits per heavy atom. The minimum absolute atomic E-state index is 0.0533. The number of urea groups is 1. The Morgan fingerprint density at radius 2 is 2.09 bits per heavy atom. The molecule has 0 bridgehead atoms. The zero-order valence-electron chi connectivity index (χ0n) is 11.2. The Morgan fingerprint density at radius 3 is 2.86 bits per heavy atom. The standard InChI is InChI=1S/C14H11F2N3O3/c15-7-1-2-8(16)13-11(7)10-6(5-21-13)12(10)18-14(20)17-9-3-4-22-19-9/h1-4,6,10,12H,5H2,(H2,17,18,19,20)/t6-,10+,12+/m0/s1. The molecule has 0 radical (unpaired) electrons. The average Bonchev–Trinajstić information content (AvgIpc) is 2.93. The topological polar surface area (TPSA) is 76.4 Å². The molecule has 6 nitrogen and oxygen atoms in total. The Kier molecular flexibility index (Phi) is 2.78. The maximum Gasteiger partial charge on any atom is 0.320 e. The van der Waals surface area contributed by atoms with E-state index in [1.165, 1.54) is 12.3 Å². The monoisotopic (exact) mass is 307 g/mol. The summed E-state index contributed by atoms with van der Waals surface area (Å²) in [6, 6.07) is 2.82. The van der Waals surface area contributed by atoms with Crippen molar-refractivity contribution >= 4 is 11.8 Å². The predicted octanol–water partition coefficient (Wildman–Crippen LogP) is 2.25. The fourth-order valence-corrected chi connectivity index (χ4v) is 2.94. The highest BCUT2D eigenvalue weighted by Gasteiger charge is 2.57. The third-order valence-electron chi connectivity index (χ3n) is 3.99. The van der Waals surface area contributed by atoms with Gasteiger partial charge in [0.1, 0.15) is 12.1 Å². The molecule has 3 atom stereocenters. The van der Waals surface area contributed by atoms with E-state index in [0.717, 1.165) is 12.1 Å². The van der Waals surface area contributed by atoms with Crippen LogP contribution in [0, 0.1) is 17.6 Å². The molecule has 1 aromatic heterocycles. The number of aromatic nitrogens is 1. The molecule has 4 rings (SSSR count). The number of nitrogens with zero attached hydrogens (tertiary/aromatic N) is 1. The zero-order valence-corrected chi connectivity index (χ0v) is 11.2. The van der Waals surface area contributed by atoms with Gasteiger partial charge in [0, 0.05) is 29.5 Å². The maximum absolute atomic E-state index is 13.9. The van der Waals surface area contributed by atoms with E-state index >= 15 is 0 Å². The summed E-state index contributed by atoms with van der Waals surface area (Å²) >= 11 is 0. The Balaban J connectivity index is 1.50. The molecule has 114 valence electrons. The molecule has 0 unspecified atom stereocenters. The highest BCUT2D eigenvalue weighted by molar-refractivity contribution is 5.88. The van der Waals surface area contributed by atoms with Crippen LogP contribution in [-0.2, 0) is 0 Å². The number of anilines is 1. The fraction of sp³-hybridized carbons (Fsp3) is 0.286. The van der Waals surface area contributed by atoms with Crippen LogP contribution in [-0.4, -0.2) is 23.8 Å². The smallest absolute Gasteiger partial charge is 0.320 e. The summed E-state index contributed by atoms with van der Waals surface area (Å²) in [5, 5.41) is 8.77. The van der Waals surface area contributed by atoms with Gasteiger partial charge in [-0.15, -0.1) is 0 Å². The summed E-state index contributed by atoms with van der Waals surface area (Å²) in [5.74, 6) is -1.23. The van der Waals surface area contributed by atoms with Crippen LogP contribution in [0.15, 0.2) is 29.0 Å². The fourth-order valence-electron chi connectivity index (χ4n) is 2.94. The van der Waals surface area contributed by atoms with Gasteiger partial charge in [-0.3, -0.25) is 5.32 Å². The number of rotatable bonds is 2. The van der Waals surface area contributed by atoms with Crippen LogP contribution >= 0.6 is 0 Å². The molecule has 1 fully saturated rings. The van der Waals surface area contributed by atoms with Gasteiger partial charge < -0.3 is 14.6 Å². The average molecular weight is 307 g/mol. The lowest BCUT2D eigenvalue weighted by Gasteiger charge is -2.16. The Hall–Kier alpha value is -2.64. The number of ether oxygens (including phenoxy) is 1. The molecule has 1 aliphatic carbocycles. The molecular weight excluding hydrogens is 296 g/mol. The first-order valence-electron chi connectivity index (χ1n) is 6.74. The van der Waals surface area contributed by atoms with Crippen molar-refractivity contribution in [2.45, 2.75) is 12.0 Å². The first-order chi connectivity index (χ1) is 10.6. The number of hydrogen-bond acceptors (Lipinski definition) is 4. The minimum Gasteiger partial charge on any atom is -0.490 e. The van der Waals surface area contributed by atoms with Crippen molar-refractivity contribution in [1.29, 1.82) is 0 Å². The van der Waals surface area contributed by atoms with Gasteiger partial charge in [0.05, 0.1) is 6.61 Å². The maximum atomic E-state index is 13.9. The van der Waals surface area contributed by atoms with Crippen LogP contribution in [0.4, 0.5) is 19.4 Å². The van der Waals surface area contributed by atoms with Gasteiger partial charge in [-0.2, -0.15) is 0 Å². The molecule has 1 aromatic carbocycles. The highest BCUT2D eigenvalue weighted by Crippen LogP contribution is 2.55. The Bertz CT molecular complexity index is 735. The van der Waals surface area contributed by atoms with Crippen LogP contribution in [0.25, 0.3) is 0 Å². The summed E-state index contributed by atoms with van der Waals surface area (Å²) in [6.07, 6.45) is 1.33. The van der Waals surface area contributed by atoms with E-state index in [0.29, 0.717) is 0 Å². The van der Waals surface area contributed by atoms with Gasteiger partial charge in [-0.05, 0) is 12.1 Å². The number of carbonyl (C=O) groups excluding carboxylic acids is 1. The molecule has 8 heteroatoms. The van der Waals surface area contributed by atoms with Crippen LogP contribution in [0.3, 0.4) is 0 Å². The van der Waals surface area contributed by atoms with Crippen molar-refractivity contribution < 1.29 is 22.8 Å². The first-order valence-corrected chi connectivity index (χ1v) is 6.74.